The lowest BCUT2D eigenvalue weighted by atomic mass is 9.99. The number of aliphatic hydroxyl groups excluding tert-OH is 1. The van der Waals surface area contributed by atoms with Crippen molar-refractivity contribution in [3.63, 3.8) is 0 Å². The van der Waals surface area contributed by atoms with Crippen molar-refractivity contribution in [3.05, 3.63) is 64.8 Å². The number of nitrogens with zero attached hydrogens (tertiary/aromatic N) is 4. The molecule has 0 aromatic carbocycles. The highest BCUT2D eigenvalue weighted by atomic mass is 35.5. The third-order valence-electron chi connectivity index (χ3n) is 5.92. The van der Waals surface area contributed by atoms with Crippen molar-refractivity contribution in [1.82, 2.24) is 24.9 Å². The molecule has 188 valence electrons. The van der Waals surface area contributed by atoms with Crippen LogP contribution in [0.15, 0.2) is 49.1 Å². The average molecular weight is 547 g/mol. The van der Waals surface area contributed by atoms with Gasteiger partial charge in [-0.25, -0.2) is 17.9 Å². The lowest BCUT2D eigenvalue weighted by molar-refractivity contribution is 0.0906. The van der Waals surface area contributed by atoms with Crippen LogP contribution >= 0.6 is 22.9 Å². The van der Waals surface area contributed by atoms with Crippen LogP contribution in [-0.4, -0.2) is 50.9 Å². The molecule has 5 rings (SSSR count). The average Bonchev–Trinajstić information content (AvgIpc) is 3.48. The van der Waals surface area contributed by atoms with Gasteiger partial charge in [0.2, 0.25) is 10.0 Å². The van der Waals surface area contributed by atoms with Crippen molar-refractivity contribution in [3.8, 4) is 10.4 Å². The third kappa shape index (κ3) is 5.07. The van der Waals surface area contributed by atoms with Gasteiger partial charge in [-0.05, 0) is 37.1 Å². The van der Waals surface area contributed by atoms with Gasteiger partial charge < -0.3 is 10.4 Å². The number of aromatic nitrogens is 4. The minimum Gasteiger partial charge on any atom is -0.396 e. The molecule has 4 aromatic heterocycles. The number of nitrogens with one attached hydrogen (secondary N) is 2. The number of carbonyl (C=O) groups is 1. The summed E-state index contributed by atoms with van der Waals surface area (Å²) in [7, 11) is -3.45. The predicted octanol–water partition coefficient (Wildman–Crippen LogP) is 3.51. The summed E-state index contributed by atoms with van der Waals surface area (Å²) >= 11 is 7.34. The van der Waals surface area contributed by atoms with Crippen LogP contribution in [0.2, 0.25) is 5.02 Å². The van der Waals surface area contributed by atoms with E-state index in [9.17, 15) is 18.3 Å². The molecule has 1 aliphatic carbocycles. The zero-order valence-electron chi connectivity index (χ0n) is 19.1. The number of anilines is 1. The van der Waals surface area contributed by atoms with Crippen molar-refractivity contribution in [2.45, 2.75) is 31.1 Å². The Morgan fingerprint density at radius 2 is 2.08 bits per heavy atom. The molecule has 0 radical (unpaired) electrons. The second-order valence-electron chi connectivity index (χ2n) is 8.69. The van der Waals surface area contributed by atoms with Gasteiger partial charge in [0.15, 0.2) is 5.01 Å². The van der Waals surface area contributed by atoms with Crippen molar-refractivity contribution in [2.24, 2.45) is 5.92 Å². The van der Waals surface area contributed by atoms with Gasteiger partial charge in [-0.1, -0.05) is 18.5 Å². The fraction of sp³-hybridized carbons (Fsp3) is 0.304. The molecule has 0 bridgehead atoms. The zero-order valence-corrected chi connectivity index (χ0v) is 21.5. The smallest absolute Gasteiger partial charge is 0.280 e. The lowest BCUT2D eigenvalue weighted by Crippen LogP contribution is -2.34. The van der Waals surface area contributed by atoms with Gasteiger partial charge in [0, 0.05) is 41.7 Å². The number of hydrogen-bond donors (Lipinski definition) is 3. The summed E-state index contributed by atoms with van der Waals surface area (Å²) in [5.74, 6) is -0.824. The summed E-state index contributed by atoms with van der Waals surface area (Å²) in [6.07, 6.45) is 7.81. The number of fused-ring (bicyclic) bond motifs is 1. The van der Waals surface area contributed by atoms with E-state index in [1.54, 1.807) is 54.3 Å². The zero-order chi connectivity index (χ0) is 25.4. The molecule has 36 heavy (non-hydrogen) atoms. The van der Waals surface area contributed by atoms with Crippen LogP contribution in [0.4, 0.5) is 5.69 Å². The molecule has 3 N–H and O–H groups in total. The van der Waals surface area contributed by atoms with Crippen molar-refractivity contribution in [2.75, 3.05) is 11.3 Å². The first-order valence-electron chi connectivity index (χ1n) is 11.2. The predicted molar refractivity (Wildman–Crippen MR) is 138 cm³/mol. The Bertz CT molecular complexity index is 1530. The van der Waals surface area contributed by atoms with E-state index >= 15 is 0 Å². The molecule has 4 heterocycles. The SMILES string of the molecule is C[C@H](CO)[C@H](NC(=O)c1ncc(-c2cnn3ccc(Cl)cc23)s1)c1cc(NS(=O)(=O)C2CC2)ccn1. The first-order valence-corrected chi connectivity index (χ1v) is 14.0. The summed E-state index contributed by atoms with van der Waals surface area (Å²) in [5.41, 5.74) is 2.38. The van der Waals surface area contributed by atoms with E-state index in [1.807, 2.05) is 0 Å². The minimum atomic E-state index is -3.45. The fourth-order valence-electron chi connectivity index (χ4n) is 3.77. The third-order valence-corrected chi connectivity index (χ3v) is 9.05. The van der Waals surface area contributed by atoms with Gasteiger partial charge >= 0.3 is 0 Å². The number of hydrogen-bond acceptors (Lipinski definition) is 8. The Balaban J connectivity index is 1.38. The quantitative estimate of drug-likeness (QED) is 0.292. The number of amides is 1. The molecule has 1 fully saturated rings. The first-order chi connectivity index (χ1) is 17.2. The second-order valence-corrected chi connectivity index (χ2v) is 12.1. The van der Waals surface area contributed by atoms with Crippen molar-refractivity contribution >= 4 is 50.1 Å². The van der Waals surface area contributed by atoms with Crippen LogP contribution < -0.4 is 10.0 Å². The Morgan fingerprint density at radius 3 is 2.83 bits per heavy atom. The van der Waals surface area contributed by atoms with Crippen LogP contribution in [0.3, 0.4) is 0 Å². The molecule has 0 saturated heterocycles. The Labute approximate surface area is 216 Å². The van der Waals surface area contributed by atoms with E-state index in [0.717, 1.165) is 16.0 Å². The maximum absolute atomic E-state index is 13.1. The molecule has 0 spiro atoms. The number of halogens is 1. The summed E-state index contributed by atoms with van der Waals surface area (Å²) in [6.45, 7) is 1.56. The van der Waals surface area contributed by atoms with E-state index < -0.39 is 27.9 Å². The van der Waals surface area contributed by atoms with Crippen LogP contribution in [0.25, 0.3) is 16.0 Å². The maximum atomic E-state index is 13.1. The highest BCUT2D eigenvalue weighted by molar-refractivity contribution is 7.93. The summed E-state index contributed by atoms with van der Waals surface area (Å²) < 4.78 is 28.9. The molecular weight excluding hydrogens is 524 g/mol. The van der Waals surface area contributed by atoms with Crippen molar-refractivity contribution < 1.29 is 18.3 Å². The topological polar surface area (TPSA) is 139 Å². The van der Waals surface area contributed by atoms with Gasteiger partial charge in [-0.2, -0.15) is 5.10 Å². The molecule has 10 nitrogen and oxygen atoms in total. The van der Waals surface area contributed by atoms with Crippen LogP contribution in [0.1, 0.15) is 41.3 Å². The summed E-state index contributed by atoms with van der Waals surface area (Å²) in [6, 6.07) is 5.99. The molecule has 2 atom stereocenters. The normalized spacial score (nSPS) is 15.5. The van der Waals surface area contributed by atoms with E-state index in [1.165, 1.54) is 17.5 Å². The number of thiazole rings is 1. The highest BCUT2D eigenvalue weighted by Gasteiger charge is 2.36. The van der Waals surface area contributed by atoms with Crippen molar-refractivity contribution in [1.29, 1.82) is 0 Å². The monoisotopic (exact) mass is 546 g/mol. The lowest BCUT2D eigenvalue weighted by Gasteiger charge is -2.23. The van der Waals surface area contributed by atoms with Gasteiger partial charge in [0.25, 0.3) is 5.91 Å². The number of rotatable bonds is 9. The molecule has 1 amide bonds. The standard InChI is InChI=1S/C23H23ClN6O4S2/c1-13(12-31)21(18-9-15(4-6-25-18)29-36(33,34)16-2-3-16)28-22(32)23-26-11-20(35-23)17-10-27-30-7-5-14(24)8-19(17)30/h4-11,13,16,21,31H,2-3,12H2,1H3,(H,25,29)(H,28,32)/t13-,21+/m1/s1. The molecule has 0 aliphatic heterocycles. The summed E-state index contributed by atoms with van der Waals surface area (Å²) in [4.78, 5) is 22.5. The second kappa shape index (κ2) is 9.77. The number of aliphatic hydroxyl groups is 1. The van der Waals surface area contributed by atoms with E-state index in [2.05, 4.69) is 25.1 Å². The molecule has 1 aliphatic rings. The molecule has 1 saturated carbocycles. The minimum absolute atomic E-state index is 0.211. The molecule has 13 heteroatoms. The number of sulfonamides is 1. The van der Waals surface area contributed by atoms with Gasteiger partial charge in [-0.15, -0.1) is 11.3 Å². The molecular formula is C23H23ClN6O4S2. The van der Waals surface area contributed by atoms with E-state index in [0.29, 0.717) is 29.2 Å². The van der Waals surface area contributed by atoms with E-state index in [-0.39, 0.29) is 16.9 Å². The van der Waals surface area contributed by atoms with Crippen LogP contribution in [0, 0.1) is 5.92 Å². The number of pyridine rings is 2. The Kier molecular flexibility index (Phi) is 6.68. The van der Waals surface area contributed by atoms with E-state index in [4.69, 9.17) is 11.6 Å². The maximum Gasteiger partial charge on any atom is 0.280 e. The molecule has 0 unspecified atom stereocenters. The summed E-state index contributed by atoms with van der Waals surface area (Å²) in [5, 5.41) is 17.5. The largest absolute Gasteiger partial charge is 0.396 e. The fourth-order valence-corrected chi connectivity index (χ4v) is 6.15. The number of carbonyl (C=O) groups excluding carboxylic acids is 1. The van der Waals surface area contributed by atoms with Gasteiger partial charge in [0.1, 0.15) is 0 Å². The first kappa shape index (κ1) is 24.6. The Hall–Kier alpha value is -3.06. The highest BCUT2D eigenvalue weighted by Crippen LogP contribution is 2.32. The Morgan fingerprint density at radius 1 is 1.28 bits per heavy atom. The van der Waals surface area contributed by atoms with Crippen LogP contribution in [-0.2, 0) is 10.0 Å². The van der Waals surface area contributed by atoms with Crippen LogP contribution in [0.5, 0.6) is 0 Å². The van der Waals surface area contributed by atoms with Gasteiger partial charge in [0.05, 0.1) is 39.3 Å². The van der Waals surface area contributed by atoms with Gasteiger partial charge in [-0.3, -0.25) is 14.5 Å². The molecule has 4 aromatic rings.